The van der Waals surface area contributed by atoms with Gasteiger partial charge in [0.25, 0.3) is 5.91 Å². The van der Waals surface area contributed by atoms with Crippen LogP contribution in [0, 0.1) is 11.6 Å². The molecule has 0 spiro atoms. The van der Waals surface area contributed by atoms with Crippen LogP contribution < -0.4 is 10.0 Å². The zero-order chi connectivity index (χ0) is 17.3. The van der Waals surface area contributed by atoms with Crippen molar-refractivity contribution in [2.75, 3.05) is 5.32 Å². The van der Waals surface area contributed by atoms with Gasteiger partial charge in [0.2, 0.25) is 10.0 Å². The maximum atomic E-state index is 13.2. The second kappa shape index (κ2) is 6.29. The lowest BCUT2D eigenvalue weighted by Crippen LogP contribution is -2.25. The molecule has 0 aromatic heterocycles. The highest BCUT2D eigenvalue weighted by Gasteiger charge is 2.28. The topological polar surface area (TPSA) is 75.3 Å². The summed E-state index contributed by atoms with van der Waals surface area (Å²) < 4.78 is 52.9. The van der Waals surface area contributed by atoms with Crippen molar-refractivity contribution in [2.45, 2.75) is 23.8 Å². The Kier molecular flexibility index (Phi) is 4.33. The Balaban J connectivity index is 1.78. The van der Waals surface area contributed by atoms with Crippen molar-refractivity contribution in [3.05, 3.63) is 59.7 Å². The number of halogens is 2. The molecule has 0 bridgehead atoms. The van der Waals surface area contributed by atoms with E-state index in [9.17, 15) is 22.0 Å². The molecule has 0 atom stereocenters. The molecular weight excluding hydrogens is 338 g/mol. The summed E-state index contributed by atoms with van der Waals surface area (Å²) >= 11 is 0. The van der Waals surface area contributed by atoms with Gasteiger partial charge in [-0.05, 0) is 49.2 Å². The van der Waals surface area contributed by atoms with Crippen LogP contribution in [0.25, 0.3) is 0 Å². The first-order chi connectivity index (χ1) is 11.3. The molecule has 0 heterocycles. The van der Waals surface area contributed by atoms with E-state index in [1.54, 1.807) is 0 Å². The Morgan fingerprint density at radius 3 is 2.46 bits per heavy atom. The molecule has 8 heteroatoms. The summed E-state index contributed by atoms with van der Waals surface area (Å²) in [5.41, 5.74) is 0.168. The summed E-state index contributed by atoms with van der Waals surface area (Å²) in [5, 5.41) is 2.47. The number of hydrogen-bond acceptors (Lipinski definition) is 3. The van der Waals surface area contributed by atoms with Crippen molar-refractivity contribution in [3.8, 4) is 0 Å². The van der Waals surface area contributed by atoms with Crippen LogP contribution in [0.15, 0.2) is 47.4 Å². The minimum Gasteiger partial charge on any atom is -0.322 e. The van der Waals surface area contributed by atoms with E-state index >= 15 is 0 Å². The average Bonchev–Trinajstić information content (AvgIpc) is 3.33. The molecule has 2 N–H and O–H groups in total. The van der Waals surface area contributed by atoms with Crippen molar-refractivity contribution < 1.29 is 22.0 Å². The van der Waals surface area contributed by atoms with E-state index in [1.807, 2.05) is 0 Å². The van der Waals surface area contributed by atoms with E-state index in [4.69, 9.17) is 0 Å². The van der Waals surface area contributed by atoms with Crippen molar-refractivity contribution in [1.29, 1.82) is 0 Å². The van der Waals surface area contributed by atoms with Gasteiger partial charge in [-0.15, -0.1) is 0 Å². The van der Waals surface area contributed by atoms with E-state index in [1.165, 1.54) is 24.3 Å². The molecule has 1 fully saturated rings. The van der Waals surface area contributed by atoms with Gasteiger partial charge in [0, 0.05) is 17.3 Å². The van der Waals surface area contributed by atoms with Crippen LogP contribution in [0.3, 0.4) is 0 Å². The first-order valence-electron chi connectivity index (χ1n) is 7.24. The fourth-order valence-corrected chi connectivity index (χ4v) is 3.42. The number of benzene rings is 2. The Morgan fingerprint density at radius 1 is 1.04 bits per heavy atom. The molecule has 1 saturated carbocycles. The highest BCUT2D eigenvalue weighted by atomic mass is 32.2. The summed E-state index contributed by atoms with van der Waals surface area (Å²) in [6, 6.07) is 8.46. The van der Waals surface area contributed by atoms with Gasteiger partial charge in [0.15, 0.2) is 11.6 Å². The van der Waals surface area contributed by atoms with Gasteiger partial charge in [0.05, 0.1) is 4.90 Å². The Labute approximate surface area is 137 Å². The Bertz CT molecular complexity index is 896. The number of hydrogen-bond donors (Lipinski definition) is 2. The fraction of sp³-hybridized carbons (Fsp3) is 0.188. The SMILES string of the molecule is O=C(Nc1cccc(S(=O)(=O)NC2CC2)c1)c1ccc(F)c(F)c1. The molecule has 1 aliphatic rings. The summed E-state index contributed by atoms with van der Waals surface area (Å²) in [7, 11) is -3.64. The molecule has 0 saturated heterocycles. The van der Waals surface area contributed by atoms with Crippen LogP contribution in [0.4, 0.5) is 14.5 Å². The lowest BCUT2D eigenvalue weighted by molar-refractivity contribution is 0.102. The van der Waals surface area contributed by atoms with Crippen LogP contribution in [0.5, 0.6) is 0 Å². The zero-order valence-corrected chi connectivity index (χ0v) is 13.2. The summed E-state index contributed by atoms with van der Waals surface area (Å²) in [6.45, 7) is 0. The molecule has 1 aliphatic carbocycles. The zero-order valence-electron chi connectivity index (χ0n) is 12.4. The largest absolute Gasteiger partial charge is 0.322 e. The minimum atomic E-state index is -3.64. The molecular formula is C16H14F2N2O3S. The Hall–Kier alpha value is -2.32. The highest BCUT2D eigenvalue weighted by molar-refractivity contribution is 7.89. The lowest BCUT2D eigenvalue weighted by atomic mass is 10.2. The minimum absolute atomic E-state index is 0.0255. The third kappa shape index (κ3) is 3.77. The quantitative estimate of drug-likeness (QED) is 0.869. The molecule has 1 amide bonds. The van der Waals surface area contributed by atoms with Crippen LogP contribution >= 0.6 is 0 Å². The Morgan fingerprint density at radius 2 is 1.79 bits per heavy atom. The molecule has 2 aromatic carbocycles. The highest BCUT2D eigenvalue weighted by Crippen LogP contribution is 2.23. The van der Waals surface area contributed by atoms with Gasteiger partial charge in [-0.2, -0.15) is 0 Å². The second-order valence-electron chi connectivity index (χ2n) is 5.51. The summed E-state index contributed by atoms with van der Waals surface area (Å²) in [4.78, 5) is 12.1. The van der Waals surface area contributed by atoms with Crippen molar-refractivity contribution >= 4 is 21.6 Å². The van der Waals surface area contributed by atoms with Gasteiger partial charge in [-0.25, -0.2) is 21.9 Å². The van der Waals surface area contributed by atoms with Gasteiger partial charge in [0.1, 0.15) is 0 Å². The third-order valence-electron chi connectivity index (χ3n) is 3.48. The van der Waals surface area contributed by atoms with E-state index in [0.29, 0.717) is 0 Å². The van der Waals surface area contributed by atoms with Crippen molar-refractivity contribution in [2.24, 2.45) is 0 Å². The van der Waals surface area contributed by atoms with E-state index in [2.05, 4.69) is 10.0 Å². The number of rotatable bonds is 5. The van der Waals surface area contributed by atoms with Gasteiger partial charge in [-0.3, -0.25) is 4.79 Å². The number of nitrogens with one attached hydrogen (secondary N) is 2. The van der Waals surface area contributed by atoms with E-state index < -0.39 is 27.6 Å². The first kappa shape index (κ1) is 16.5. The molecule has 3 rings (SSSR count). The van der Waals surface area contributed by atoms with E-state index in [-0.39, 0.29) is 22.2 Å². The molecule has 24 heavy (non-hydrogen) atoms. The summed E-state index contributed by atoms with van der Waals surface area (Å²) in [6.07, 6.45) is 1.62. The summed E-state index contributed by atoms with van der Waals surface area (Å²) in [5.74, 6) is -2.85. The first-order valence-corrected chi connectivity index (χ1v) is 8.72. The standard InChI is InChI=1S/C16H14F2N2O3S/c17-14-7-4-10(8-15(14)18)16(21)19-12-2-1-3-13(9-12)24(22,23)20-11-5-6-11/h1-4,7-9,11,20H,5-6H2,(H,19,21). The number of carbonyl (C=O) groups excluding carboxylic acids is 1. The average molecular weight is 352 g/mol. The maximum absolute atomic E-state index is 13.2. The normalized spacial score (nSPS) is 14.4. The van der Waals surface area contributed by atoms with Crippen LogP contribution in [-0.4, -0.2) is 20.4 Å². The molecule has 0 unspecified atom stereocenters. The molecule has 0 radical (unpaired) electrons. The fourth-order valence-electron chi connectivity index (χ4n) is 2.07. The third-order valence-corrected chi connectivity index (χ3v) is 5.00. The van der Waals surface area contributed by atoms with E-state index in [0.717, 1.165) is 31.0 Å². The van der Waals surface area contributed by atoms with Crippen LogP contribution in [0.2, 0.25) is 0 Å². The number of carbonyl (C=O) groups is 1. The van der Waals surface area contributed by atoms with Crippen molar-refractivity contribution in [3.63, 3.8) is 0 Å². The predicted octanol–water partition coefficient (Wildman–Crippen LogP) is 2.66. The van der Waals surface area contributed by atoms with Gasteiger partial charge >= 0.3 is 0 Å². The molecule has 0 aliphatic heterocycles. The number of amides is 1. The molecule has 5 nitrogen and oxygen atoms in total. The van der Waals surface area contributed by atoms with Gasteiger partial charge < -0.3 is 5.32 Å². The maximum Gasteiger partial charge on any atom is 0.255 e. The smallest absolute Gasteiger partial charge is 0.255 e. The number of anilines is 1. The monoisotopic (exact) mass is 352 g/mol. The lowest BCUT2D eigenvalue weighted by Gasteiger charge is -2.09. The molecule has 2 aromatic rings. The molecule has 126 valence electrons. The number of sulfonamides is 1. The van der Waals surface area contributed by atoms with Crippen molar-refractivity contribution in [1.82, 2.24) is 4.72 Å². The second-order valence-corrected chi connectivity index (χ2v) is 7.22. The van der Waals surface area contributed by atoms with Crippen LogP contribution in [-0.2, 0) is 10.0 Å². The van der Waals surface area contributed by atoms with Gasteiger partial charge in [-0.1, -0.05) is 6.07 Å². The van der Waals surface area contributed by atoms with Crippen LogP contribution in [0.1, 0.15) is 23.2 Å². The predicted molar refractivity (Wildman–Crippen MR) is 84.1 cm³/mol.